The monoisotopic (exact) mass is 369 g/mol. The first-order valence-corrected chi connectivity index (χ1v) is 7.98. The van der Waals surface area contributed by atoms with Gasteiger partial charge in [0.25, 0.3) is 0 Å². The molecule has 0 amide bonds. The van der Waals surface area contributed by atoms with Gasteiger partial charge >= 0.3 is 18.1 Å². The number of alkyl halides is 3. The summed E-state index contributed by atoms with van der Waals surface area (Å²) in [6.07, 6.45) is -5.20. The van der Waals surface area contributed by atoms with Gasteiger partial charge in [0.2, 0.25) is 10.0 Å². The maximum absolute atomic E-state index is 12.8. The van der Waals surface area contributed by atoms with Crippen molar-refractivity contribution in [3.63, 3.8) is 0 Å². The number of hydrogen-bond donors (Lipinski definition) is 2. The van der Waals surface area contributed by atoms with Crippen LogP contribution in [-0.4, -0.2) is 39.1 Å². The number of aliphatic carboxylic acids is 1. The Bertz CT molecular complexity index is 730. The molecule has 0 radical (unpaired) electrons. The molecular formula is C13H14F3NO6S. The Morgan fingerprint density at radius 3 is 2.42 bits per heavy atom. The zero-order valence-corrected chi connectivity index (χ0v) is 13.2. The first kappa shape index (κ1) is 19.9. The van der Waals surface area contributed by atoms with Crippen molar-refractivity contribution in [2.75, 3.05) is 13.7 Å². The number of carbonyl (C=O) groups excluding carboxylic acids is 1. The molecule has 0 unspecified atom stereocenters. The van der Waals surface area contributed by atoms with E-state index in [1.165, 1.54) is 0 Å². The number of sulfonamides is 1. The average molecular weight is 369 g/mol. The van der Waals surface area contributed by atoms with Crippen LogP contribution >= 0.6 is 0 Å². The lowest BCUT2D eigenvalue weighted by Gasteiger charge is -2.13. The van der Waals surface area contributed by atoms with Crippen LogP contribution < -0.4 is 4.72 Å². The van der Waals surface area contributed by atoms with E-state index < -0.39 is 44.2 Å². The summed E-state index contributed by atoms with van der Waals surface area (Å²) in [6.45, 7) is -0.314. The number of carbonyl (C=O) groups is 2. The third kappa shape index (κ3) is 5.20. The van der Waals surface area contributed by atoms with Gasteiger partial charge in [0.15, 0.2) is 0 Å². The quantitative estimate of drug-likeness (QED) is 0.558. The third-order valence-corrected chi connectivity index (χ3v) is 4.36. The van der Waals surface area contributed by atoms with Crippen molar-refractivity contribution >= 4 is 22.0 Å². The van der Waals surface area contributed by atoms with Gasteiger partial charge < -0.3 is 9.84 Å². The lowest BCUT2D eigenvalue weighted by atomic mass is 10.1. The zero-order chi connectivity index (χ0) is 18.5. The molecule has 0 saturated carbocycles. The first-order chi connectivity index (χ1) is 11.0. The van der Waals surface area contributed by atoms with Gasteiger partial charge in [-0.1, -0.05) is 0 Å². The second-order valence-electron chi connectivity index (χ2n) is 4.60. The van der Waals surface area contributed by atoms with Crippen molar-refractivity contribution in [1.82, 2.24) is 4.72 Å². The number of carboxylic acid groups (broad SMARTS) is 1. The van der Waals surface area contributed by atoms with Gasteiger partial charge in [0.1, 0.15) is 0 Å². The number of nitrogens with one attached hydrogen (secondary N) is 1. The van der Waals surface area contributed by atoms with E-state index in [4.69, 9.17) is 5.11 Å². The largest absolute Gasteiger partial charge is 0.481 e. The Balaban J connectivity index is 3.21. The molecule has 2 N–H and O–H groups in total. The number of rotatable bonds is 7. The Kier molecular flexibility index (Phi) is 6.32. The summed E-state index contributed by atoms with van der Waals surface area (Å²) in [5.41, 5.74) is -1.81. The van der Waals surface area contributed by atoms with Crippen LogP contribution in [0.2, 0.25) is 0 Å². The summed E-state index contributed by atoms with van der Waals surface area (Å²) < 4.78 is 69.0. The van der Waals surface area contributed by atoms with E-state index in [0.717, 1.165) is 7.11 Å². The van der Waals surface area contributed by atoms with Crippen LogP contribution in [0.25, 0.3) is 0 Å². The number of benzene rings is 1. The number of esters is 1. The average Bonchev–Trinajstić information content (AvgIpc) is 2.49. The van der Waals surface area contributed by atoms with Crippen LogP contribution in [0.15, 0.2) is 23.1 Å². The molecule has 7 nitrogen and oxygen atoms in total. The van der Waals surface area contributed by atoms with Crippen LogP contribution in [0.5, 0.6) is 0 Å². The van der Waals surface area contributed by atoms with Crippen LogP contribution in [0, 0.1) is 0 Å². The minimum absolute atomic E-state index is 0.0684. The topological polar surface area (TPSA) is 110 Å². The Labute approximate surface area is 135 Å². The fourth-order valence-electron chi connectivity index (χ4n) is 1.72. The minimum atomic E-state index is -4.80. The molecule has 0 aliphatic heterocycles. The Morgan fingerprint density at radius 1 is 1.29 bits per heavy atom. The summed E-state index contributed by atoms with van der Waals surface area (Å²) in [6, 6.07) is 1.60. The van der Waals surface area contributed by atoms with Crippen molar-refractivity contribution in [3.05, 3.63) is 29.3 Å². The molecule has 0 fully saturated rings. The van der Waals surface area contributed by atoms with Crippen molar-refractivity contribution in [1.29, 1.82) is 0 Å². The van der Waals surface area contributed by atoms with Crippen molar-refractivity contribution in [2.24, 2.45) is 0 Å². The molecule has 0 heterocycles. The van der Waals surface area contributed by atoms with E-state index in [1.54, 1.807) is 0 Å². The first-order valence-electron chi connectivity index (χ1n) is 6.50. The smallest absolute Gasteiger partial charge is 0.416 e. The predicted molar refractivity (Wildman–Crippen MR) is 74.8 cm³/mol. The molecule has 1 aromatic carbocycles. The summed E-state index contributed by atoms with van der Waals surface area (Å²) in [7, 11) is -3.52. The lowest BCUT2D eigenvalue weighted by molar-refractivity contribution is -0.138. The number of ether oxygens (including phenoxy) is 1. The van der Waals surface area contributed by atoms with Crippen LogP contribution in [0.1, 0.15) is 28.8 Å². The van der Waals surface area contributed by atoms with E-state index in [1.807, 2.05) is 4.72 Å². The molecule has 0 bridgehead atoms. The van der Waals surface area contributed by atoms with Gasteiger partial charge in [-0.2, -0.15) is 13.2 Å². The van der Waals surface area contributed by atoms with Gasteiger partial charge in [0.05, 0.1) is 23.1 Å². The normalized spacial score (nSPS) is 12.0. The van der Waals surface area contributed by atoms with E-state index in [-0.39, 0.29) is 19.4 Å². The highest BCUT2D eigenvalue weighted by Crippen LogP contribution is 2.32. The number of halogens is 3. The SMILES string of the molecule is COC(=O)c1ccc(C(F)(F)F)cc1S(=O)(=O)NCCCC(=O)O. The third-order valence-electron chi connectivity index (χ3n) is 2.86. The zero-order valence-electron chi connectivity index (χ0n) is 12.4. The number of carboxylic acids is 1. The molecule has 1 aromatic rings. The van der Waals surface area contributed by atoms with Gasteiger partial charge in [-0.05, 0) is 24.6 Å². The summed E-state index contributed by atoms with van der Waals surface area (Å²) in [4.78, 5) is 21.1. The van der Waals surface area contributed by atoms with Crippen molar-refractivity contribution in [2.45, 2.75) is 23.9 Å². The summed E-state index contributed by atoms with van der Waals surface area (Å²) in [5, 5.41) is 8.47. The maximum Gasteiger partial charge on any atom is 0.416 e. The molecule has 0 aromatic heterocycles. The molecule has 0 aliphatic rings. The van der Waals surface area contributed by atoms with Crippen molar-refractivity contribution in [3.8, 4) is 0 Å². The van der Waals surface area contributed by atoms with Gasteiger partial charge in [0, 0.05) is 13.0 Å². The highest BCUT2D eigenvalue weighted by Gasteiger charge is 2.34. The minimum Gasteiger partial charge on any atom is -0.481 e. The van der Waals surface area contributed by atoms with Gasteiger partial charge in [-0.15, -0.1) is 0 Å². The number of hydrogen-bond acceptors (Lipinski definition) is 5. The number of methoxy groups -OCH3 is 1. The van der Waals surface area contributed by atoms with Crippen LogP contribution in [0.3, 0.4) is 0 Å². The molecule has 24 heavy (non-hydrogen) atoms. The highest BCUT2D eigenvalue weighted by molar-refractivity contribution is 7.89. The van der Waals surface area contributed by atoms with E-state index in [9.17, 15) is 31.2 Å². The fourth-order valence-corrected chi connectivity index (χ4v) is 3.02. The second kappa shape index (κ2) is 7.62. The Morgan fingerprint density at radius 2 is 1.92 bits per heavy atom. The molecule has 0 saturated heterocycles. The van der Waals surface area contributed by atoms with Crippen LogP contribution in [-0.2, 0) is 25.7 Å². The van der Waals surface area contributed by atoms with Crippen molar-refractivity contribution < 1.29 is 41.0 Å². The maximum atomic E-state index is 12.8. The molecule has 0 spiro atoms. The molecule has 11 heteroatoms. The van der Waals surface area contributed by atoms with E-state index >= 15 is 0 Å². The van der Waals surface area contributed by atoms with E-state index in [0.29, 0.717) is 18.2 Å². The lowest BCUT2D eigenvalue weighted by Crippen LogP contribution is -2.27. The molecular weight excluding hydrogens is 355 g/mol. The standard InChI is InChI=1S/C13H14F3NO6S/c1-23-12(20)9-5-4-8(13(14,15)16)7-10(9)24(21,22)17-6-2-3-11(18)19/h4-5,7,17H,2-3,6H2,1H3,(H,18,19). The predicted octanol–water partition coefficient (Wildman–Crippen LogP) is 1.64. The van der Waals surface area contributed by atoms with Crippen LogP contribution in [0.4, 0.5) is 13.2 Å². The highest BCUT2D eigenvalue weighted by atomic mass is 32.2. The fraction of sp³-hybridized carbons (Fsp3) is 0.385. The second-order valence-corrected chi connectivity index (χ2v) is 6.33. The molecule has 1 rings (SSSR count). The molecule has 0 atom stereocenters. The molecule has 134 valence electrons. The van der Waals surface area contributed by atoms with Gasteiger partial charge in [-0.25, -0.2) is 17.9 Å². The molecule has 0 aliphatic carbocycles. The summed E-state index contributed by atoms with van der Waals surface area (Å²) >= 11 is 0. The Hall–Kier alpha value is -2.14. The van der Waals surface area contributed by atoms with E-state index in [2.05, 4.69) is 4.74 Å². The van der Waals surface area contributed by atoms with Gasteiger partial charge in [-0.3, -0.25) is 4.79 Å². The summed E-state index contributed by atoms with van der Waals surface area (Å²) in [5.74, 6) is -2.27.